The summed E-state index contributed by atoms with van der Waals surface area (Å²) in [5.74, 6) is 2.66. The number of para-hydroxylation sites is 1. The SMILES string of the molecule is C/N=C\c1ccc(O[C@H]2CCN(c3ccc(Oc4ccccc4C(C)C)cc3CCO)C2)nc1. The van der Waals surface area contributed by atoms with Gasteiger partial charge in [-0.25, -0.2) is 4.98 Å². The van der Waals surface area contributed by atoms with Gasteiger partial charge in [0, 0.05) is 56.3 Å². The summed E-state index contributed by atoms with van der Waals surface area (Å²) in [6.07, 6.45) is 5.09. The molecule has 0 radical (unpaired) electrons. The third kappa shape index (κ3) is 5.75. The van der Waals surface area contributed by atoms with Crippen LogP contribution in [0.2, 0.25) is 0 Å². The molecule has 2 heterocycles. The van der Waals surface area contributed by atoms with Gasteiger partial charge in [0.25, 0.3) is 0 Å². The fraction of sp³-hybridized carbons (Fsp3) is 0.357. The van der Waals surface area contributed by atoms with E-state index in [2.05, 4.69) is 40.9 Å². The minimum absolute atomic E-state index is 0.0639. The van der Waals surface area contributed by atoms with Crippen molar-refractivity contribution in [3.05, 3.63) is 77.5 Å². The van der Waals surface area contributed by atoms with Gasteiger partial charge in [0.1, 0.15) is 17.6 Å². The highest BCUT2D eigenvalue weighted by Gasteiger charge is 2.26. The van der Waals surface area contributed by atoms with Gasteiger partial charge in [0.15, 0.2) is 0 Å². The van der Waals surface area contributed by atoms with Gasteiger partial charge in [-0.05, 0) is 53.8 Å². The van der Waals surface area contributed by atoms with Crippen molar-refractivity contribution in [2.75, 3.05) is 31.6 Å². The van der Waals surface area contributed by atoms with Gasteiger partial charge in [-0.2, -0.15) is 0 Å². The van der Waals surface area contributed by atoms with Crippen LogP contribution in [0.15, 0.2) is 65.8 Å². The smallest absolute Gasteiger partial charge is 0.213 e. The average Bonchev–Trinajstić information content (AvgIpc) is 3.29. The third-order valence-corrected chi connectivity index (χ3v) is 6.01. The van der Waals surface area contributed by atoms with Crippen LogP contribution in [0, 0.1) is 0 Å². The minimum Gasteiger partial charge on any atom is -0.472 e. The van der Waals surface area contributed by atoms with Crippen molar-refractivity contribution in [2.24, 2.45) is 4.99 Å². The van der Waals surface area contributed by atoms with Crippen molar-refractivity contribution in [1.82, 2.24) is 4.98 Å². The highest BCUT2D eigenvalue weighted by molar-refractivity contribution is 5.78. The molecule has 0 aliphatic carbocycles. The summed E-state index contributed by atoms with van der Waals surface area (Å²) in [5.41, 5.74) is 4.32. The zero-order valence-corrected chi connectivity index (χ0v) is 20.1. The largest absolute Gasteiger partial charge is 0.472 e. The number of aromatic nitrogens is 1. The quantitative estimate of drug-likeness (QED) is 0.443. The summed E-state index contributed by atoms with van der Waals surface area (Å²) in [4.78, 5) is 10.7. The second kappa shape index (κ2) is 11.2. The Morgan fingerprint density at radius 2 is 2.03 bits per heavy atom. The van der Waals surface area contributed by atoms with Crippen molar-refractivity contribution in [2.45, 2.75) is 38.7 Å². The fourth-order valence-corrected chi connectivity index (χ4v) is 4.33. The number of aliphatic hydroxyl groups is 1. The number of rotatable bonds is 9. The fourth-order valence-electron chi connectivity index (χ4n) is 4.33. The summed E-state index contributed by atoms with van der Waals surface area (Å²) in [5, 5.41) is 9.69. The van der Waals surface area contributed by atoms with Gasteiger partial charge >= 0.3 is 0 Å². The molecular weight excluding hydrogens is 426 g/mol. The Balaban J connectivity index is 1.46. The first-order valence-corrected chi connectivity index (χ1v) is 11.9. The molecule has 0 amide bonds. The lowest BCUT2D eigenvalue weighted by atomic mass is 10.0. The highest BCUT2D eigenvalue weighted by atomic mass is 16.5. The molecule has 1 aromatic heterocycles. The lowest BCUT2D eigenvalue weighted by Crippen LogP contribution is -2.25. The van der Waals surface area contributed by atoms with E-state index >= 15 is 0 Å². The highest BCUT2D eigenvalue weighted by Crippen LogP contribution is 2.34. The molecule has 178 valence electrons. The number of nitrogens with zero attached hydrogens (tertiary/aromatic N) is 3. The normalized spacial score (nSPS) is 15.9. The summed E-state index contributed by atoms with van der Waals surface area (Å²) in [7, 11) is 1.74. The second-order valence-electron chi connectivity index (χ2n) is 8.85. The molecule has 1 atom stereocenters. The molecule has 0 bridgehead atoms. The van der Waals surface area contributed by atoms with E-state index in [1.165, 1.54) is 5.56 Å². The Morgan fingerprint density at radius 3 is 2.76 bits per heavy atom. The molecule has 0 spiro atoms. The molecule has 34 heavy (non-hydrogen) atoms. The van der Waals surface area contributed by atoms with Crippen LogP contribution in [-0.4, -0.2) is 49.2 Å². The maximum atomic E-state index is 9.69. The molecule has 1 aliphatic heterocycles. The molecule has 1 N–H and O–H groups in total. The molecule has 0 unspecified atom stereocenters. The molecule has 4 rings (SSSR count). The van der Waals surface area contributed by atoms with Crippen molar-refractivity contribution < 1.29 is 14.6 Å². The Kier molecular flexibility index (Phi) is 7.80. The lowest BCUT2D eigenvalue weighted by molar-refractivity contribution is 0.216. The van der Waals surface area contributed by atoms with E-state index in [1.54, 1.807) is 19.5 Å². The maximum absolute atomic E-state index is 9.69. The standard InChI is InChI=1S/C28H33N3O3/c1-20(2)25-6-4-5-7-27(25)33-23-9-10-26(22(16-23)13-15-32)31-14-12-24(19-31)34-28-11-8-21(17-29-3)18-30-28/h4-11,16-18,20,24,32H,12-15,19H2,1-3H3/b29-17-/t24-/m0/s1. The summed E-state index contributed by atoms with van der Waals surface area (Å²) < 4.78 is 12.4. The van der Waals surface area contributed by atoms with Crippen LogP contribution in [0.25, 0.3) is 0 Å². The van der Waals surface area contributed by atoms with Crippen LogP contribution in [0.1, 0.15) is 42.9 Å². The number of ether oxygens (including phenoxy) is 2. The molecule has 2 aromatic carbocycles. The molecule has 1 saturated heterocycles. The summed E-state index contributed by atoms with van der Waals surface area (Å²) in [6.45, 7) is 6.08. The Morgan fingerprint density at radius 1 is 1.18 bits per heavy atom. The van der Waals surface area contributed by atoms with E-state index in [0.717, 1.165) is 47.8 Å². The predicted molar refractivity (Wildman–Crippen MR) is 137 cm³/mol. The number of aliphatic imine (C=N–C) groups is 1. The van der Waals surface area contributed by atoms with Crippen LogP contribution < -0.4 is 14.4 Å². The van der Waals surface area contributed by atoms with Crippen LogP contribution in [-0.2, 0) is 6.42 Å². The summed E-state index contributed by atoms with van der Waals surface area (Å²) in [6, 6.07) is 18.1. The number of hydrogen-bond donors (Lipinski definition) is 1. The van der Waals surface area contributed by atoms with Crippen LogP contribution in [0.4, 0.5) is 5.69 Å². The molecular formula is C28H33N3O3. The topological polar surface area (TPSA) is 67.2 Å². The number of benzene rings is 2. The second-order valence-corrected chi connectivity index (χ2v) is 8.85. The molecule has 1 aliphatic rings. The zero-order chi connectivity index (χ0) is 23.9. The molecule has 3 aromatic rings. The van der Waals surface area contributed by atoms with Gasteiger partial charge < -0.3 is 19.5 Å². The van der Waals surface area contributed by atoms with Crippen LogP contribution in [0.5, 0.6) is 17.4 Å². The van der Waals surface area contributed by atoms with Crippen molar-refractivity contribution in [1.29, 1.82) is 0 Å². The Hall–Kier alpha value is -3.38. The van der Waals surface area contributed by atoms with Gasteiger partial charge in [-0.1, -0.05) is 32.0 Å². The van der Waals surface area contributed by atoms with E-state index in [0.29, 0.717) is 18.2 Å². The monoisotopic (exact) mass is 459 g/mol. The third-order valence-electron chi connectivity index (χ3n) is 6.01. The number of hydrogen-bond acceptors (Lipinski definition) is 6. The average molecular weight is 460 g/mol. The maximum Gasteiger partial charge on any atom is 0.213 e. The van der Waals surface area contributed by atoms with E-state index in [-0.39, 0.29) is 12.7 Å². The van der Waals surface area contributed by atoms with Crippen molar-refractivity contribution >= 4 is 11.9 Å². The molecule has 6 nitrogen and oxygen atoms in total. The summed E-state index contributed by atoms with van der Waals surface area (Å²) >= 11 is 0. The van der Waals surface area contributed by atoms with Crippen LogP contribution >= 0.6 is 0 Å². The number of pyridine rings is 1. The minimum atomic E-state index is 0.0639. The first-order valence-electron chi connectivity index (χ1n) is 11.9. The van der Waals surface area contributed by atoms with Gasteiger partial charge in [0.05, 0.1) is 6.54 Å². The van der Waals surface area contributed by atoms with E-state index in [1.807, 2.05) is 42.5 Å². The Labute approximate surface area is 201 Å². The van der Waals surface area contributed by atoms with E-state index < -0.39 is 0 Å². The molecule has 6 heteroatoms. The zero-order valence-electron chi connectivity index (χ0n) is 20.1. The number of anilines is 1. The first kappa shape index (κ1) is 23.8. The van der Waals surface area contributed by atoms with E-state index in [9.17, 15) is 5.11 Å². The van der Waals surface area contributed by atoms with Gasteiger partial charge in [-0.3, -0.25) is 4.99 Å². The van der Waals surface area contributed by atoms with Gasteiger partial charge in [0.2, 0.25) is 5.88 Å². The van der Waals surface area contributed by atoms with Crippen molar-refractivity contribution in [3.63, 3.8) is 0 Å². The lowest BCUT2D eigenvalue weighted by Gasteiger charge is -2.23. The first-order chi connectivity index (χ1) is 16.6. The molecule has 1 fully saturated rings. The Bertz CT molecular complexity index is 1110. The van der Waals surface area contributed by atoms with Crippen molar-refractivity contribution in [3.8, 4) is 17.4 Å². The predicted octanol–water partition coefficient (Wildman–Crippen LogP) is 5.24. The van der Waals surface area contributed by atoms with Crippen LogP contribution in [0.3, 0.4) is 0 Å². The molecule has 0 saturated carbocycles. The van der Waals surface area contributed by atoms with E-state index in [4.69, 9.17) is 9.47 Å². The number of aliphatic hydroxyl groups excluding tert-OH is 1. The van der Waals surface area contributed by atoms with Gasteiger partial charge in [-0.15, -0.1) is 0 Å².